The van der Waals surface area contributed by atoms with Crippen molar-refractivity contribution in [3.63, 3.8) is 0 Å². The van der Waals surface area contributed by atoms with Gasteiger partial charge in [0.15, 0.2) is 0 Å². The van der Waals surface area contributed by atoms with Gasteiger partial charge in [-0.2, -0.15) is 0 Å². The fourth-order valence-electron chi connectivity index (χ4n) is 0.149. The van der Waals surface area contributed by atoms with Crippen molar-refractivity contribution in [1.82, 2.24) is 0 Å². The molecule has 0 aromatic carbocycles. The molecule has 0 fully saturated rings. The molecule has 3 heteroatoms. The van der Waals surface area contributed by atoms with Crippen LogP contribution in [0.5, 0.6) is 0 Å². The number of allylic oxidation sites excluding steroid dienone is 1. The molecule has 0 radical (unpaired) electrons. The van der Waals surface area contributed by atoms with Gasteiger partial charge in [-0.15, -0.1) is 5.11 Å². The Hall–Kier alpha value is -0.860. The van der Waals surface area contributed by atoms with Crippen molar-refractivity contribution in [2.45, 2.75) is 13.8 Å². The Bertz CT molecular complexity index is 89.1. The van der Waals surface area contributed by atoms with Gasteiger partial charge in [0.2, 0.25) is 0 Å². The van der Waals surface area contributed by atoms with Crippen molar-refractivity contribution in [1.29, 1.82) is 0 Å². The lowest BCUT2D eigenvalue weighted by Gasteiger charge is -1.76. The third-order valence-electron chi connectivity index (χ3n) is 0.383. The van der Waals surface area contributed by atoms with Gasteiger partial charge < -0.3 is 5.84 Å². The monoisotopic (exact) mass is 99.1 g/mol. The summed E-state index contributed by atoms with van der Waals surface area (Å²) in [6.07, 6.45) is 1.60. The quantitative estimate of drug-likeness (QED) is 0.300. The molecule has 0 aliphatic rings. The first-order valence-corrected chi connectivity index (χ1v) is 2.01. The summed E-state index contributed by atoms with van der Waals surface area (Å²) in [6.45, 7) is 3.85. The van der Waals surface area contributed by atoms with Crippen LogP contribution in [0.1, 0.15) is 13.8 Å². The fraction of sp³-hybridized carbons (Fsp3) is 0.500. The zero-order valence-corrected chi connectivity index (χ0v) is 4.55. The summed E-state index contributed by atoms with van der Waals surface area (Å²) in [5.41, 5.74) is 1.09. The lowest BCUT2D eigenvalue weighted by molar-refractivity contribution is 1.04. The van der Waals surface area contributed by atoms with Crippen LogP contribution in [0.3, 0.4) is 0 Å². The fourth-order valence-corrected chi connectivity index (χ4v) is 0.149. The maximum atomic E-state index is 4.69. The normalized spacial score (nSPS) is 9.43. The van der Waals surface area contributed by atoms with Gasteiger partial charge in [0, 0.05) is 6.20 Å². The van der Waals surface area contributed by atoms with E-state index in [0.29, 0.717) is 0 Å². The standard InChI is InChI=1S/C4H9N3/c1-4(2)3-6-7-5/h3H,1-2H3,(H2,5,6). The molecule has 0 unspecified atom stereocenters. The van der Waals surface area contributed by atoms with Gasteiger partial charge in [-0.3, -0.25) is 0 Å². The Morgan fingerprint density at radius 1 is 1.57 bits per heavy atom. The largest absolute Gasteiger partial charge is 0.305 e. The molecule has 2 N–H and O–H groups in total. The van der Waals surface area contributed by atoms with Crippen LogP contribution in [0.2, 0.25) is 0 Å². The van der Waals surface area contributed by atoms with E-state index in [9.17, 15) is 0 Å². The van der Waals surface area contributed by atoms with Crippen LogP contribution >= 0.6 is 0 Å². The summed E-state index contributed by atoms with van der Waals surface area (Å²) < 4.78 is 0. The number of nitrogens with zero attached hydrogens (tertiary/aromatic N) is 2. The third-order valence-corrected chi connectivity index (χ3v) is 0.383. The van der Waals surface area contributed by atoms with Crippen LogP contribution in [-0.2, 0) is 0 Å². The lowest BCUT2D eigenvalue weighted by Crippen LogP contribution is -1.71. The van der Waals surface area contributed by atoms with Gasteiger partial charge in [0.1, 0.15) is 0 Å². The Balaban J connectivity index is 3.46. The number of hydrogen-bond donors (Lipinski definition) is 1. The second-order valence-electron chi connectivity index (χ2n) is 1.44. The predicted molar refractivity (Wildman–Crippen MR) is 28.5 cm³/mol. The SMILES string of the molecule is CC(C)=C/N=N\N. The van der Waals surface area contributed by atoms with E-state index < -0.39 is 0 Å². The summed E-state index contributed by atoms with van der Waals surface area (Å²) in [4.78, 5) is 0. The molecule has 0 atom stereocenters. The molecular formula is C4H9N3. The maximum Gasteiger partial charge on any atom is 0.0499 e. The van der Waals surface area contributed by atoms with Crippen LogP contribution in [0.4, 0.5) is 0 Å². The zero-order valence-electron chi connectivity index (χ0n) is 4.55. The van der Waals surface area contributed by atoms with Crippen molar-refractivity contribution in [3.05, 3.63) is 11.8 Å². The summed E-state index contributed by atoms with van der Waals surface area (Å²) >= 11 is 0. The third kappa shape index (κ3) is 5.14. The minimum absolute atomic E-state index is 1.09. The van der Waals surface area contributed by atoms with E-state index in [4.69, 9.17) is 5.84 Å². The first kappa shape index (κ1) is 6.14. The molecule has 0 aromatic rings. The minimum atomic E-state index is 1.09. The van der Waals surface area contributed by atoms with E-state index in [2.05, 4.69) is 10.3 Å². The van der Waals surface area contributed by atoms with Crippen molar-refractivity contribution in [2.24, 2.45) is 16.2 Å². The highest BCUT2D eigenvalue weighted by Crippen LogP contribution is 1.86. The Labute approximate surface area is 42.9 Å². The summed E-state index contributed by atoms with van der Waals surface area (Å²) in [5, 5.41) is 6.44. The first-order valence-electron chi connectivity index (χ1n) is 2.01. The van der Waals surface area contributed by atoms with Crippen LogP contribution in [0.25, 0.3) is 0 Å². The Morgan fingerprint density at radius 2 is 2.14 bits per heavy atom. The molecule has 0 aliphatic carbocycles. The Kier molecular flexibility index (Phi) is 2.92. The second-order valence-corrected chi connectivity index (χ2v) is 1.44. The van der Waals surface area contributed by atoms with Crippen LogP contribution in [0.15, 0.2) is 22.1 Å². The van der Waals surface area contributed by atoms with E-state index in [1.807, 2.05) is 13.8 Å². The molecule has 3 nitrogen and oxygen atoms in total. The van der Waals surface area contributed by atoms with E-state index in [1.165, 1.54) is 0 Å². The van der Waals surface area contributed by atoms with Gasteiger partial charge in [0.05, 0.1) is 0 Å². The van der Waals surface area contributed by atoms with Crippen molar-refractivity contribution in [2.75, 3.05) is 0 Å². The van der Waals surface area contributed by atoms with E-state index in [-0.39, 0.29) is 0 Å². The predicted octanol–water partition coefficient (Wildman–Crippen LogP) is 1.24. The molecule has 0 saturated carbocycles. The smallest absolute Gasteiger partial charge is 0.0499 e. The average Bonchev–Trinajstić information content (AvgIpc) is 1.61. The summed E-state index contributed by atoms with van der Waals surface area (Å²) in [6, 6.07) is 0. The van der Waals surface area contributed by atoms with Crippen LogP contribution < -0.4 is 5.84 Å². The molecule has 40 valence electrons. The van der Waals surface area contributed by atoms with Crippen molar-refractivity contribution >= 4 is 0 Å². The number of nitrogens with two attached hydrogens (primary N) is 1. The molecule has 0 amide bonds. The molecule has 7 heavy (non-hydrogen) atoms. The number of rotatable bonds is 1. The molecule has 0 aromatic heterocycles. The second kappa shape index (κ2) is 3.33. The van der Waals surface area contributed by atoms with Crippen molar-refractivity contribution < 1.29 is 0 Å². The lowest BCUT2D eigenvalue weighted by atomic mass is 10.4. The first-order chi connectivity index (χ1) is 3.27. The van der Waals surface area contributed by atoms with Crippen LogP contribution in [0, 0.1) is 0 Å². The molecule has 0 saturated heterocycles. The van der Waals surface area contributed by atoms with Crippen molar-refractivity contribution in [3.8, 4) is 0 Å². The highest BCUT2D eigenvalue weighted by Gasteiger charge is 1.67. The highest BCUT2D eigenvalue weighted by atomic mass is 15.3. The highest BCUT2D eigenvalue weighted by molar-refractivity contribution is 4.89. The number of hydrogen-bond acceptors (Lipinski definition) is 2. The van der Waals surface area contributed by atoms with E-state index in [1.54, 1.807) is 6.20 Å². The van der Waals surface area contributed by atoms with E-state index >= 15 is 0 Å². The molecule has 0 rings (SSSR count). The average molecular weight is 99.1 g/mol. The maximum absolute atomic E-state index is 4.69. The van der Waals surface area contributed by atoms with Gasteiger partial charge in [0.25, 0.3) is 0 Å². The summed E-state index contributed by atoms with van der Waals surface area (Å²) in [7, 11) is 0. The molecule has 0 aliphatic heterocycles. The van der Waals surface area contributed by atoms with Gasteiger partial charge in [-0.25, -0.2) is 0 Å². The topological polar surface area (TPSA) is 50.7 Å². The molecular weight excluding hydrogens is 90.1 g/mol. The van der Waals surface area contributed by atoms with Gasteiger partial charge in [-0.1, -0.05) is 10.8 Å². The molecule has 0 heterocycles. The molecule has 0 bridgehead atoms. The van der Waals surface area contributed by atoms with Gasteiger partial charge in [-0.05, 0) is 13.8 Å². The van der Waals surface area contributed by atoms with Gasteiger partial charge >= 0.3 is 0 Å². The Morgan fingerprint density at radius 3 is 2.29 bits per heavy atom. The van der Waals surface area contributed by atoms with E-state index in [0.717, 1.165) is 5.57 Å². The molecule has 0 spiro atoms. The zero-order chi connectivity index (χ0) is 5.70. The van der Waals surface area contributed by atoms with Crippen LogP contribution in [-0.4, -0.2) is 0 Å². The minimum Gasteiger partial charge on any atom is -0.305 e. The summed E-state index contributed by atoms with van der Waals surface area (Å²) in [5.74, 6) is 4.69.